The lowest BCUT2D eigenvalue weighted by molar-refractivity contribution is 0.862. The highest BCUT2D eigenvalue weighted by Gasteiger charge is 2.08. The molecule has 0 aliphatic rings. The first kappa shape index (κ1) is 12.6. The molecule has 1 heterocycles. The van der Waals surface area contributed by atoms with Crippen LogP contribution >= 0.6 is 0 Å². The molecular formula is C15H19N3. The number of pyridine rings is 1. The summed E-state index contributed by atoms with van der Waals surface area (Å²) in [6, 6.07) is 14.0. The van der Waals surface area contributed by atoms with Gasteiger partial charge in [-0.05, 0) is 23.6 Å². The summed E-state index contributed by atoms with van der Waals surface area (Å²) in [7, 11) is 0. The molecule has 18 heavy (non-hydrogen) atoms. The molecule has 0 fully saturated rings. The van der Waals surface area contributed by atoms with Gasteiger partial charge in [0.05, 0.1) is 6.04 Å². The van der Waals surface area contributed by atoms with E-state index in [4.69, 9.17) is 5.73 Å². The molecule has 2 aromatic rings. The van der Waals surface area contributed by atoms with E-state index in [1.54, 1.807) is 0 Å². The summed E-state index contributed by atoms with van der Waals surface area (Å²) in [6.45, 7) is 3.07. The molecule has 0 saturated heterocycles. The number of hydrogen-bond donors (Lipinski definition) is 2. The van der Waals surface area contributed by atoms with Crippen molar-refractivity contribution in [1.82, 2.24) is 4.98 Å². The van der Waals surface area contributed by atoms with Gasteiger partial charge in [0.15, 0.2) is 0 Å². The molecule has 0 bridgehead atoms. The van der Waals surface area contributed by atoms with E-state index in [9.17, 15) is 0 Å². The first-order valence-corrected chi connectivity index (χ1v) is 6.31. The van der Waals surface area contributed by atoms with Crippen LogP contribution in [0.25, 0.3) is 0 Å². The Morgan fingerprint density at radius 2 is 1.89 bits per heavy atom. The monoisotopic (exact) mass is 241 g/mol. The Balaban J connectivity index is 2.09. The number of anilines is 1. The van der Waals surface area contributed by atoms with Crippen molar-refractivity contribution in [1.29, 1.82) is 0 Å². The van der Waals surface area contributed by atoms with Crippen molar-refractivity contribution >= 4 is 5.82 Å². The molecule has 0 radical (unpaired) electrons. The fourth-order valence-corrected chi connectivity index (χ4v) is 1.80. The Morgan fingerprint density at radius 3 is 2.50 bits per heavy atom. The van der Waals surface area contributed by atoms with Crippen LogP contribution in [-0.2, 0) is 0 Å². The molecule has 0 unspecified atom stereocenters. The third kappa shape index (κ3) is 3.08. The normalized spacial score (nSPS) is 12.1. The summed E-state index contributed by atoms with van der Waals surface area (Å²) >= 11 is 0. The predicted molar refractivity (Wildman–Crippen MR) is 75.5 cm³/mol. The number of rotatable bonds is 5. The van der Waals surface area contributed by atoms with Gasteiger partial charge in [0.25, 0.3) is 0 Å². The van der Waals surface area contributed by atoms with Crippen molar-refractivity contribution in [2.45, 2.75) is 19.4 Å². The summed E-state index contributed by atoms with van der Waals surface area (Å²) in [5.74, 6) is 0.904. The number of benzene rings is 1. The van der Waals surface area contributed by atoms with Crippen molar-refractivity contribution in [3.05, 3.63) is 59.8 Å². The van der Waals surface area contributed by atoms with Gasteiger partial charge in [0, 0.05) is 12.7 Å². The summed E-state index contributed by atoms with van der Waals surface area (Å²) in [5.41, 5.74) is 8.34. The summed E-state index contributed by atoms with van der Waals surface area (Å²) in [4.78, 5) is 4.37. The number of nitrogens with one attached hydrogen (secondary N) is 1. The van der Waals surface area contributed by atoms with Crippen molar-refractivity contribution in [3.8, 4) is 0 Å². The largest absolute Gasteiger partial charge is 0.370 e. The molecule has 0 saturated carbocycles. The Labute approximate surface area is 108 Å². The fraction of sp³-hybridized carbons (Fsp3) is 0.267. The van der Waals surface area contributed by atoms with E-state index in [0.29, 0.717) is 0 Å². The second-order valence-corrected chi connectivity index (χ2v) is 4.29. The Kier molecular flexibility index (Phi) is 4.31. The van der Waals surface area contributed by atoms with E-state index < -0.39 is 0 Å². The van der Waals surface area contributed by atoms with Crippen LogP contribution in [-0.4, -0.2) is 11.5 Å². The number of nitrogens with two attached hydrogens (primary N) is 1. The van der Waals surface area contributed by atoms with E-state index in [1.165, 1.54) is 0 Å². The topological polar surface area (TPSA) is 50.9 Å². The average Bonchev–Trinajstić information content (AvgIpc) is 2.46. The molecule has 0 spiro atoms. The minimum atomic E-state index is -0.112. The van der Waals surface area contributed by atoms with Gasteiger partial charge in [-0.15, -0.1) is 0 Å². The zero-order chi connectivity index (χ0) is 12.8. The summed E-state index contributed by atoms with van der Waals surface area (Å²) in [6.07, 6.45) is 2.93. The van der Waals surface area contributed by atoms with Crippen LogP contribution in [0.15, 0.2) is 48.7 Å². The smallest absolute Gasteiger partial charge is 0.125 e. The lowest BCUT2D eigenvalue weighted by Crippen LogP contribution is -2.12. The van der Waals surface area contributed by atoms with Gasteiger partial charge in [0.2, 0.25) is 0 Å². The van der Waals surface area contributed by atoms with E-state index in [1.807, 2.05) is 48.7 Å². The minimum absolute atomic E-state index is 0.112. The fourth-order valence-electron chi connectivity index (χ4n) is 1.80. The quantitative estimate of drug-likeness (QED) is 0.846. The maximum absolute atomic E-state index is 6.21. The number of nitrogens with zero attached hydrogens (tertiary/aromatic N) is 1. The van der Waals surface area contributed by atoms with Gasteiger partial charge in [-0.1, -0.05) is 43.3 Å². The van der Waals surface area contributed by atoms with Crippen LogP contribution in [0.1, 0.15) is 30.5 Å². The second-order valence-electron chi connectivity index (χ2n) is 4.29. The predicted octanol–water partition coefficient (Wildman–Crippen LogP) is 2.95. The lowest BCUT2D eigenvalue weighted by Gasteiger charge is -2.12. The molecule has 3 N–H and O–H groups in total. The molecule has 0 amide bonds. The highest BCUT2D eigenvalue weighted by molar-refractivity contribution is 5.38. The Morgan fingerprint density at radius 1 is 1.11 bits per heavy atom. The molecule has 2 rings (SSSR count). The third-order valence-electron chi connectivity index (χ3n) is 2.86. The number of hydrogen-bond acceptors (Lipinski definition) is 3. The number of aromatic nitrogens is 1. The third-order valence-corrected chi connectivity index (χ3v) is 2.86. The van der Waals surface area contributed by atoms with Crippen LogP contribution in [0.2, 0.25) is 0 Å². The Bertz CT molecular complexity index is 465. The van der Waals surface area contributed by atoms with Crippen LogP contribution in [0, 0.1) is 0 Å². The SMILES string of the molecule is CCCNc1ccc([C@@H](N)c2ccccc2)cn1. The molecule has 1 atom stereocenters. The lowest BCUT2D eigenvalue weighted by atomic mass is 10.0. The van der Waals surface area contributed by atoms with Gasteiger partial charge < -0.3 is 11.1 Å². The molecule has 3 nitrogen and oxygen atoms in total. The second kappa shape index (κ2) is 6.17. The zero-order valence-corrected chi connectivity index (χ0v) is 10.6. The van der Waals surface area contributed by atoms with Crippen LogP contribution in [0.3, 0.4) is 0 Å². The highest BCUT2D eigenvalue weighted by atomic mass is 15.0. The van der Waals surface area contributed by atoms with Gasteiger partial charge in [-0.2, -0.15) is 0 Å². The average molecular weight is 241 g/mol. The molecular weight excluding hydrogens is 222 g/mol. The molecule has 0 aliphatic carbocycles. The van der Waals surface area contributed by atoms with E-state index >= 15 is 0 Å². The molecule has 1 aromatic carbocycles. The maximum Gasteiger partial charge on any atom is 0.125 e. The highest BCUT2D eigenvalue weighted by Crippen LogP contribution is 2.19. The van der Waals surface area contributed by atoms with Crippen molar-refractivity contribution in [3.63, 3.8) is 0 Å². The summed E-state index contributed by atoms with van der Waals surface area (Å²) in [5, 5.41) is 3.25. The molecule has 0 aliphatic heterocycles. The maximum atomic E-state index is 6.21. The van der Waals surface area contributed by atoms with Gasteiger partial charge in [0.1, 0.15) is 5.82 Å². The minimum Gasteiger partial charge on any atom is -0.370 e. The standard InChI is InChI=1S/C15H19N3/c1-2-10-17-14-9-8-13(11-18-14)15(16)12-6-4-3-5-7-12/h3-9,11,15H,2,10,16H2,1H3,(H,17,18)/t15-/m0/s1. The van der Waals surface area contributed by atoms with Crippen molar-refractivity contribution < 1.29 is 0 Å². The van der Waals surface area contributed by atoms with E-state index in [-0.39, 0.29) is 6.04 Å². The Hall–Kier alpha value is -1.87. The first-order valence-electron chi connectivity index (χ1n) is 6.31. The van der Waals surface area contributed by atoms with Gasteiger partial charge in [-0.3, -0.25) is 0 Å². The molecule has 1 aromatic heterocycles. The zero-order valence-electron chi connectivity index (χ0n) is 10.6. The van der Waals surface area contributed by atoms with Gasteiger partial charge >= 0.3 is 0 Å². The van der Waals surface area contributed by atoms with E-state index in [0.717, 1.165) is 29.9 Å². The molecule has 3 heteroatoms. The van der Waals surface area contributed by atoms with Crippen LogP contribution in [0.5, 0.6) is 0 Å². The van der Waals surface area contributed by atoms with Crippen molar-refractivity contribution in [2.75, 3.05) is 11.9 Å². The van der Waals surface area contributed by atoms with Gasteiger partial charge in [-0.25, -0.2) is 4.98 Å². The molecule has 94 valence electrons. The van der Waals surface area contributed by atoms with E-state index in [2.05, 4.69) is 17.2 Å². The van der Waals surface area contributed by atoms with Crippen molar-refractivity contribution in [2.24, 2.45) is 5.73 Å². The summed E-state index contributed by atoms with van der Waals surface area (Å²) < 4.78 is 0. The first-order chi connectivity index (χ1) is 8.81. The van der Waals surface area contributed by atoms with Crippen LogP contribution < -0.4 is 11.1 Å². The van der Waals surface area contributed by atoms with Crippen LogP contribution in [0.4, 0.5) is 5.82 Å².